The summed E-state index contributed by atoms with van der Waals surface area (Å²) in [7, 11) is 1.41. The maximum absolute atomic E-state index is 12.0. The van der Waals surface area contributed by atoms with Gasteiger partial charge >= 0.3 is 11.8 Å². The number of nitro groups is 1. The second-order valence-corrected chi connectivity index (χ2v) is 6.06. The van der Waals surface area contributed by atoms with Gasteiger partial charge < -0.3 is 19.3 Å². The van der Waals surface area contributed by atoms with Crippen LogP contribution in [0.3, 0.4) is 0 Å². The molecular weight excluding hydrogens is 314 g/mol. The summed E-state index contributed by atoms with van der Waals surface area (Å²) in [6.07, 6.45) is -0.287. The molecule has 0 unspecified atom stereocenters. The minimum Gasteiger partial charge on any atom is -0.490 e. The molecule has 132 valence electrons. The molecule has 1 amide bonds. The summed E-state index contributed by atoms with van der Waals surface area (Å²) in [5.41, 5.74) is 0.782. The number of hydrogen-bond donors (Lipinski definition) is 0. The molecule has 1 aromatic rings. The second-order valence-electron chi connectivity index (χ2n) is 6.06. The van der Waals surface area contributed by atoms with E-state index in [1.165, 1.54) is 13.2 Å². The van der Waals surface area contributed by atoms with Crippen LogP contribution in [0.25, 0.3) is 0 Å². The average Bonchev–Trinajstić information content (AvgIpc) is 2.59. The molecule has 1 aliphatic rings. The minimum absolute atomic E-state index is 0.0582. The van der Waals surface area contributed by atoms with Crippen molar-refractivity contribution in [1.82, 2.24) is 4.90 Å². The lowest BCUT2D eigenvalue weighted by molar-refractivity contribution is -0.385. The molecule has 0 spiro atoms. The van der Waals surface area contributed by atoms with E-state index in [9.17, 15) is 14.9 Å². The molecule has 0 radical (unpaired) electrons. The Hall–Kier alpha value is -2.51. The van der Waals surface area contributed by atoms with Crippen LogP contribution in [0.5, 0.6) is 5.75 Å². The van der Waals surface area contributed by atoms with E-state index in [2.05, 4.69) is 4.90 Å². The van der Waals surface area contributed by atoms with Gasteiger partial charge in [-0.25, -0.2) is 4.79 Å². The van der Waals surface area contributed by atoms with Crippen LogP contribution in [-0.2, 0) is 4.74 Å². The number of methoxy groups -OCH3 is 1. The predicted molar refractivity (Wildman–Crippen MR) is 89.6 cm³/mol. The fourth-order valence-electron chi connectivity index (χ4n) is 2.49. The second kappa shape index (κ2) is 7.85. The van der Waals surface area contributed by atoms with Gasteiger partial charge in [-0.15, -0.1) is 0 Å². The molecule has 8 heteroatoms. The number of nitrogens with zero attached hydrogens (tertiary/aromatic N) is 3. The summed E-state index contributed by atoms with van der Waals surface area (Å²) < 4.78 is 10.3. The van der Waals surface area contributed by atoms with E-state index in [0.29, 0.717) is 38.7 Å². The molecule has 1 saturated heterocycles. The van der Waals surface area contributed by atoms with E-state index in [1.54, 1.807) is 17.0 Å². The van der Waals surface area contributed by atoms with Crippen LogP contribution >= 0.6 is 0 Å². The first-order valence-electron chi connectivity index (χ1n) is 7.91. The van der Waals surface area contributed by atoms with Crippen LogP contribution < -0.4 is 9.64 Å². The van der Waals surface area contributed by atoms with Gasteiger partial charge in [0.25, 0.3) is 0 Å². The van der Waals surface area contributed by atoms with Crippen molar-refractivity contribution in [2.24, 2.45) is 5.92 Å². The number of rotatable bonds is 5. The number of piperazine rings is 1. The van der Waals surface area contributed by atoms with Crippen LogP contribution in [0.1, 0.15) is 13.8 Å². The summed E-state index contributed by atoms with van der Waals surface area (Å²) >= 11 is 0. The predicted octanol–water partition coefficient (Wildman–Crippen LogP) is 2.52. The highest BCUT2D eigenvalue weighted by molar-refractivity contribution is 5.68. The number of hydrogen-bond acceptors (Lipinski definition) is 6. The van der Waals surface area contributed by atoms with Gasteiger partial charge in [0, 0.05) is 44.0 Å². The van der Waals surface area contributed by atoms with Crippen LogP contribution in [0.15, 0.2) is 18.2 Å². The molecule has 0 saturated carbocycles. The zero-order chi connectivity index (χ0) is 17.7. The average molecular weight is 337 g/mol. The third-order valence-electron chi connectivity index (χ3n) is 3.80. The molecular formula is C16H23N3O5. The van der Waals surface area contributed by atoms with E-state index in [0.717, 1.165) is 5.69 Å². The Kier molecular flexibility index (Phi) is 5.83. The number of anilines is 1. The Balaban J connectivity index is 1.97. The molecule has 1 aliphatic heterocycles. The van der Waals surface area contributed by atoms with Gasteiger partial charge in [-0.3, -0.25) is 10.1 Å². The molecule has 1 fully saturated rings. The number of ether oxygens (including phenoxy) is 2. The number of carbonyl (C=O) groups is 1. The van der Waals surface area contributed by atoms with Crippen LogP contribution in [0.4, 0.5) is 16.2 Å². The van der Waals surface area contributed by atoms with Gasteiger partial charge in [-0.05, 0) is 12.0 Å². The number of amides is 1. The maximum Gasteiger partial charge on any atom is 0.409 e. The Morgan fingerprint density at radius 1 is 1.29 bits per heavy atom. The maximum atomic E-state index is 12.0. The summed E-state index contributed by atoms with van der Waals surface area (Å²) in [6, 6.07) is 4.80. The van der Waals surface area contributed by atoms with E-state index in [4.69, 9.17) is 9.47 Å². The van der Waals surface area contributed by atoms with E-state index < -0.39 is 4.92 Å². The van der Waals surface area contributed by atoms with Crippen molar-refractivity contribution in [2.75, 3.05) is 44.8 Å². The number of nitro benzene ring substituents is 1. The van der Waals surface area contributed by atoms with Crippen LogP contribution in [-0.4, -0.2) is 55.8 Å². The van der Waals surface area contributed by atoms with E-state index in [-0.39, 0.29) is 17.5 Å². The van der Waals surface area contributed by atoms with E-state index >= 15 is 0 Å². The zero-order valence-electron chi connectivity index (χ0n) is 14.2. The van der Waals surface area contributed by atoms with E-state index in [1.807, 2.05) is 13.8 Å². The van der Waals surface area contributed by atoms with Gasteiger partial charge in [-0.1, -0.05) is 13.8 Å². The van der Waals surface area contributed by atoms with Crippen molar-refractivity contribution in [2.45, 2.75) is 13.8 Å². The first-order chi connectivity index (χ1) is 11.4. The standard InChI is InChI=1S/C16H23N3O5/c1-12(2)11-24-16(20)18-8-6-17(7-9-18)13-4-5-14(19(21)22)15(10-13)23-3/h4-5,10,12H,6-9,11H2,1-3H3. The molecule has 1 aromatic carbocycles. The molecule has 0 bridgehead atoms. The summed E-state index contributed by atoms with van der Waals surface area (Å²) in [6.45, 7) is 6.78. The highest BCUT2D eigenvalue weighted by atomic mass is 16.6. The lowest BCUT2D eigenvalue weighted by atomic mass is 10.2. The van der Waals surface area contributed by atoms with Gasteiger partial charge in [-0.2, -0.15) is 0 Å². The monoisotopic (exact) mass is 337 g/mol. The summed E-state index contributed by atoms with van der Waals surface area (Å²) in [5, 5.41) is 10.9. The van der Waals surface area contributed by atoms with Crippen molar-refractivity contribution in [3.63, 3.8) is 0 Å². The van der Waals surface area contributed by atoms with Crippen molar-refractivity contribution >= 4 is 17.5 Å². The Bertz CT molecular complexity index is 597. The molecule has 0 aliphatic carbocycles. The molecule has 1 heterocycles. The lowest BCUT2D eigenvalue weighted by Gasteiger charge is -2.35. The lowest BCUT2D eigenvalue weighted by Crippen LogP contribution is -2.49. The summed E-state index contributed by atoms with van der Waals surface area (Å²) in [4.78, 5) is 26.2. The van der Waals surface area contributed by atoms with Gasteiger partial charge in [0.1, 0.15) is 0 Å². The molecule has 0 N–H and O–H groups in total. The largest absolute Gasteiger partial charge is 0.490 e. The Morgan fingerprint density at radius 3 is 2.50 bits per heavy atom. The van der Waals surface area contributed by atoms with Crippen molar-refractivity contribution < 1.29 is 19.2 Å². The third kappa shape index (κ3) is 4.27. The number of benzene rings is 1. The SMILES string of the molecule is COc1cc(N2CCN(C(=O)OCC(C)C)CC2)ccc1[N+](=O)[O-]. The normalized spacial score (nSPS) is 14.7. The Morgan fingerprint density at radius 2 is 1.96 bits per heavy atom. The summed E-state index contributed by atoms with van der Waals surface area (Å²) in [5.74, 6) is 0.541. The fraction of sp³-hybridized carbons (Fsp3) is 0.562. The zero-order valence-corrected chi connectivity index (χ0v) is 14.2. The highest BCUT2D eigenvalue weighted by Gasteiger charge is 2.24. The molecule has 24 heavy (non-hydrogen) atoms. The first-order valence-corrected chi connectivity index (χ1v) is 7.91. The van der Waals surface area contributed by atoms with Gasteiger partial charge in [0.05, 0.1) is 18.6 Å². The third-order valence-corrected chi connectivity index (χ3v) is 3.80. The number of carbonyl (C=O) groups excluding carboxylic acids is 1. The molecule has 0 aromatic heterocycles. The minimum atomic E-state index is -0.467. The van der Waals surface area contributed by atoms with Crippen molar-refractivity contribution in [3.05, 3.63) is 28.3 Å². The highest BCUT2D eigenvalue weighted by Crippen LogP contribution is 2.31. The van der Waals surface area contributed by atoms with Crippen molar-refractivity contribution in [3.8, 4) is 5.75 Å². The van der Waals surface area contributed by atoms with Crippen LogP contribution in [0.2, 0.25) is 0 Å². The van der Waals surface area contributed by atoms with Gasteiger partial charge in [0.15, 0.2) is 5.75 Å². The fourth-order valence-corrected chi connectivity index (χ4v) is 2.49. The van der Waals surface area contributed by atoms with Gasteiger partial charge in [0.2, 0.25) is 0 Å². The molecule has 0 atom stereocenters. The Labute approximate surface area is 141 Å². The van der Waals surface area contributed by atoms with Crippen molar-refractivity contribution in [1.29, 1.82) is 0 Å². The first kappa shape index (κ1) is 17.8. The molecule has 2 rings (SSSR count). The van der Waals surface area contributed by atoms with Crippen LogP contribution in [0, 0.1) is 16.0 Å². The quantitative estimate of drug-likeness (QED) is 0.606. The molecule has 8 nitrogen and oxygen atoms in total. The smallest absolute Gasteiger partial charge is 0.409 e. The topological polar surface area (TPSA) is 85.2 Å².